The van der Waals surface area contributed by atoms with Crippen LogP contribution in [0.3, 0.4) is 0 Å². The molecule has 11 heteroatoms. The fourth-order valence-electron chi connectivity index (χ4n) is 3.23. The smallest absolute Gasteiger partial charge is 0.407 e. The average molecular weight is 476 g/mol. The predicted molar refractivity (Wildman–Crippen MR) is 108 cm³/mol. The Labute approximate surface area is 182 Å². The average Bonchev–Trinajstić information content (AvgIpc) is 2.68. The Balaban J connectivity index is 2.32. The van der Waals surface area contributed by atoms with Crippen LogP contribution in [-0.2, 0) is 0 Å². The van der Waals surface area contributed by atoms with E-state index >= 15 is 0 Å². The van der Waals surface area contributed by atoms with Crippen LogP contribution < -0.4 is 10.7 Å². The Morgan fingerprint density at radius 1 is 1.03 bits per heavy atom. The van der Waals surface area contributed by atoms with Gasteiger partial charge in [0.05, 0.1) is 11.0 Å². The number of nitrogens with zero attached hydrogens (tertiary/aromatic N) is 1. The fourth-order valence-corrected chi connectivity index (χ4v) is 3.23. The molecule has 1 aromatic rings. The van der Waals surface area contributed by atoms with Crippen LogP contribution in [0.25, 0.3) is 27.9 Å². The van der Waals surface area contributed by atoms with Gasteiger partial charge in [-0.1, -0.05) is 18.7 Å². The van der Waals surface area contributed by atoms with Gasteiger partial charge in [0, 0.05) is 23.1 Å². The van der Waals surface area contributed by atoms with Gasteiger partial charge in [-0.25, -0.2) is 8.78 Å². The quantitative estimate of drug-likeness (QED) is 0.249. The molecule has 33 heavy (non-hydrogen) atoms. The minimum atomic E-state index is -4.66. The normalized spacial score (nSPS) is 13.7. The maximum Gasteiger partial charge on any atom is 0.407 e. The minimum absolute atomic E-state index is 0.0752. The lowest BCUT2D eigenvalue weighted by atomic mass is 9.93. The molecule has 3 nitrogen and oxygen atoms in total. The molecule has 1 aliphatic carbocycles. The number of hydrogen-bond acceptors (Lipinski definition) is 3. The van der Waals surface area contributed by atoms with E-state index in [4.69, 9.17) is 4.42 Å². The molecule has 2 aliphatic rings. The van der Waals surface area contributed by atoms with Gasteiger partial charge >= 0.3 is 12.4 Å². The molecule has 1 aliphatic heterocycles. The fraction of sp³-hybridized carbons (Fsp3) is 0.227. The van der Waals surface area contributed by atoms with Crippen LogP contribution in [-0.4, -0.2) is 25.4 Å². The molecule has 0 radical (unpaired) electrons. The summed E-state index contributed by atoms with van der Waals surface area (Å²) in [6.07, 6.45) is -6.33. The summed E-state index contributed by atoms with van der Waals surface area (Å²) in [5.74, 6) is -2.16. The Hall–Kier alpha value is -3.37. The van der Waals surface area contributed by atoms with Crippen molar-refractivity contribution in [3.63, 3.8) is 0 Å². The third-order valence-corrected chi connectivity index (χ3v) is 4.55. The zero-order valence-corrected chi connectivity index (χ0v) is 17.0. The van der Waals surface area contributed by atoms with Gasteiger partial charge in [-0.3, -0.25) is 4.99 Å². The summed E-state index contributed by atoms with van der Waals surface area (Å²) < 4.78 is 110. The van der Waals surface area contributed by atoms with E-state index in [2.05, 4.69) is 11.6 Å². The van der Waals surface area contributed by atoms with E-state index in [-0.39, 0.29) is 27.9 Å². The highest BCUT2D eigenvalue weighted by molar-refractivity contribution is 5.99. The maximum atomic E-state index is 14.6. The number of fused-ring (bicyclic) bond motifs is 2. The number of anilines is 1. The molecular weight excluding hydrogens is 460 g/mol. The van der Waals surface area contributed by atoms with Gasteiger partial charge in [0.2, 0.25) is 0 Å². The van der Waals surface area contributed by atoms with Gasteiger partial charge in [-0.15, -0.1) is 0 Å². The molecule has 3 rings (SSSR count). The van der Waals surface area contributed by atoms with Crippen molar-refractivity contribution in [2.75, 3.05) is 18.4 Å². The van der Waals surface area contributed by atoms with Crippen LogP contribution in [0.15, 0.2) is 52.4 Å². The van der Waals surface area contributed by atoms with Gasteiger partial charge in [0.1, 0.15) is 36.1 Å². The molecule has 1 heterocycles. The van der Waals surface area contributed by atoms with Crippen LogP contribution in [0, 0.1) is 11.6 Å². The molecular formula is C22H16F8N2O. The topological polar surface area (TPSA) is 37.5 Å². The van der Waals surface area contributed by atoms with Crippen LogP contribution in [0.4, 0.5) is 40.8 Å². The van der Waals surface area contributed by atoms with Crippen molar-refractivity contribution in [3.8, 4) is 11.3 Å². The summed E-state index contributed by atoms with van der Waals surface area (Å²) >= 11 is 0. The first-order valence-electron chi connectivity index (χ1n) is 9.36. The van der Waals surface area contributed by atoms with Crippen molar-refractivity contribution in [3.05, 3.63) is 65.6 Å². The first-order valence-corrected chi connectivity index (χ1v) is 9.36. The number of allylic oxidation sites excluding steroid dienone is 3. The van der Waals surface area contributed by atoms with E-state index in [1.54, 1.807) is 6.92 Å². The molecule has 1 N–H and O–H groups in total. The number of alkyl halides is 6. The third kappa shape index (κ3) is 5.71. The van der Waals surface area contributed by atoms with Crippen molar-refractivity contribution >= 4 is 22.2 Å². The van der Waals surface area contributed by atoms with E-state index in [1.165, 1.54) is 12.2 Å². The molecule has 0 bridgehead atoms. The zero-order chi connectivity index (χ0) is 24.6. The van der Waals surface area contributed by atoms with Gasteiger partial charge in [-0.05, 0) is 30.2 Å². The predicted octanol–water partition coefficient (Wildman–Crippen LogP) is 6.84. The van der Waals surface area contributed by atoms with Crippen LogP contribution in [0.5, 0.6) is 0 Å². The Morgan fingerprint density at radius 3 is 2.33 bits per heavy atom. The number of nitrogens with one attached hydrogen (secondary N) is 1. The van der Waals surface area contributed by atoms with Gasteiger partial charge in [-0.2, -0.15) is 26.3 Å². The Morgan fingerprint density at radius 2 is 1.73 bits per heavy atom. The summed E-state index contributed by atoms with van der Waals surface area (Å²) in [5, 5.41) is 1.43. The lowest BCUT2D eigenvalue weighted by molar-refractivity contribution is -0.118. The molecule has 0 fully saturated rings. The van der Waals surface area contributed by atoms with Crippen LogP contribution >= 0.6 is 0 Å². The molecule has 0 atom stereocenters. The third-order valence-electron chi connectivity index (χ3n) is 4.55. The highest BCUT2D eigenvalue weighted by Crippen LogP contribution is 2.39. The van der Waals surface area contributed by atoms with Crippen molar-refractivity contribution in [1.29, 1.82) is 0 Å². The van der Waals surface area contributed by atoms with Gasteiger partial charge < -0.3 is 9.73 Å². The second-order valence-electron chi connectivity index (χ2n) is 7.09. The van der Waals surface area contributed by atoms with Crippen molar-refractivity contribution in [2.45, 2.75) is 19.3 Å². The minimum Gasteiger partial charge on any atom is -0.456 e. The molecule has 0 unspecified atom stereocenters. The second kappa shape index (κ2) is 8.87. The highest BCUT2D eigenvalue weighted by atomic mass is 19.4. The lowest BCUT2D eigenvalue weighted by Crippen LogP contribution is -2.21. The first kappa shape index (κ1) is 24.3. The Kier molecular flexibility index (Phi) is 6.53. The number of rotatable bonds is 5. The summed E-state index contributed by atoms with van der Waals surface area (Å²) in [4.78, 5) is 3.22. The molecule has 0 spiro atoms. The van der Waals surface area contributed by atoms with E-state index in [0.29, 0.717) is 5.57 Å². The maximum absolute atomic E-state index is 14.6. The van der Waals surface area contributed by atoms with Gasteiger partial charge in [0.25, 0.3) is 0 Å². The standard InChI is InChI=1S/C22H16F8N2O/c1-3-4-11(2)20-12-5-14(23)16(31-9-21(25,26)27)7-18(12)33-19-8-17(15(24)6-13(19)20)32-10-22(28,29)30/h3-8,31H,1,9-10H2,2H3/b11-4+,32-17-. The van der Waals surface area contributed by atoms with E-state index in [0.717, 1.165) is 24.3 Å². The van der Waals surface area contributed by atoms with Crippen molar-refractivity contribution < 1.29 is 39.5 Å². The molecule has 0 saturated heterocycles. The summed E-state index contributed by atoms with van der Waals surface area (Å²) in [6, 6.07) is 3.80. The monoisotopic (exact) mass is 476 g/mol. The molecule has 0 amide bonds. The molecule has 0 aromatic heterocycles. The van der Waals surface area contributed by atoms with E-state index in [1.807, 2.05) is 5.32 Å². The largest absolute Gasteiger partial charge is 0.456 e. The summed E-state index contributed by atoms with van der Waals surface area (Å²) in [5.41, 5.74) is 0.285. The van der Waals surface area contributed by atoms with Crippen molar-refractivity contribution in [2.24, 2.45) is 4.99 Å². The molecule has 0 saturated carbocycles. The van der Waals surface area contributed by atoms with E-state index in [9.17, 15) is 35.1 Å². The van der Waals surface area contributed by atoms with Gasteiger partial charge in [0.15, 0.2) is 0 Å². The molecule has 1 aromatic carbocycles. The first-order chi connectivity index (χ1) is 15.3. The second-order valence-corrected chi connectivity index (χ2v) is 7.09. The number of benzene rings is 2. The highest BCUT2D eigenvalue weighted by Gasteiger charge is 2.28. The summed E-state index contributed by atoms with van der Waals surface area (Å²) in [7, 11) is 0. The van der Waals surface area contributed by atoms with Crippen LogP contribution in [0.1, 0.15) is 12.5 Å². The summed E-state index contributed by atoms with van der Waals surface area (Å²) in [6.45, 7) is 2.03. The SMILES string of the molecule is C=C/C=C(\C)c1c2cc(F)/c(=N\CC(F)(F)F)cc-2oc2cc(NCC(F)(F)F)c(F)cc12. The van der Waals surface area contributed by atoms with Crippen molar-refractivity contribution in [1.82, 2.24) is 0 Å². The van der Waals surface area contributed by atoms with E-state index < -0.39 is 48.1 Å². The number of hydrogen-bond donors (Lipinski definition) is 1. The number of halogens is 8. The zero-order valence-electron chi connectivity index (χ0n) is 17.0. The lowest BCUT2D eigenvalue weighted by Gasteiger charge is -2.17. The molecule has 176 valence electrons. The van der Waals surface area contributed by atoms with Crippen LogP contribution in [0.2, 0.25) is 0 Å². The Bertz CT molecular complexity index is 1270.